The van der Waals surface area contributed by atoms with E-state index in [0.717, 1.165) is 28.9 Å². The first-order valence-electron chi connectivity index (χ1n) is 9.13. The van der Waals surface area contributed by atoms with E-state index in [2.05, 4.69) is 57.6 Å². The first-order valence-corrected chi connectivity index (χ1v) is 9.13. The van der Waals surface area contributed by atoms with Crippen LogP contribution in [0.4, 0.5) is 17.5 Å². The van der Waals surface area contributed by atoms with Crippen molar-refractivity contribution >= 4 is 17.5 Å². The lowest BCUT2D eigenvalue weighted by atomic mass is 10.1. The standard InChI is InChI=1S/C21H25N5O/c1-4-16-7-5-6-14(2)20(16)25-19-12-18(17-8-10-22-11-9-17)24-21(26-19)23-15(3)13-27/h5-12,15,27H,4,13H2,1-3H3,(H2,23,24,25,26)/t15-/m0/s1. The van der Waals surface area contributed by atoms with Gasteiger partial charge in [-0.1, -0.05) is 25.1 Å². The van der Waals surface area contributed by atoms with E-state index in [9.17, 15) is 5.11 Å². The lowest BCUT2D eigenvalue weighted by Crippen LogP contribution is -2.21. The quantitative estimate of drug-likeness (QED) is 0.590. The number of hydrogen-bond acceptors (Lipinski definition) is 6. The lowest BCUT2D eigenvalue weighted by Gasteiger charge is -2.16. The molecule has 0 aliphatic carbocycles. The fraction of sp³-hybridized carbons (Fsp3) is 0.286. The van der Waals surface area contributed by atoms with Gasteiger partial charge in [0.2, 0.25) is 5.95 Å². The minimum atomic E-state index is -0.143. The van der Waals surface area contributed by atoms with Crippen LogP contribution in [-0.4, -0.2) is 32.7 Å². The summed E-state index contributed by atoms with van der Waals surface area (Å²) in [6, 6.07) is 11.9. The van der Waals surface area contributed by atoms with Crippen molar-refractivity contribution < 1.29 is 5.11 Å². The average molecular weight is 363 g/mol. The van der Waals surface area contributed by atoms with Crippen LogP contribution >= 0.6 is 0 Å². The fourth-order valence-corrected chi connectivity index (χ4v) is 2.84. The van der Waals surface area contributed by atoms with E-state index in [-0.39, 0.29) is 12.6 Å². The Kier molecular flexibility index (Phi) is 5.98. The van der Waals surface area contributed by atoms with Crippen LogP contribution in [0, 0.1) is 6.92 Å². The molecule has 3 N–H and O–H groups in total. The number of aliphatic hydroxyl groups excluding tert-OH is 1. The zero-order valence-electron chi connectivity index (χ0n) is 15.9. The molecule has 0 bridgehead atoms. The summed E-state index contributed by atoms with van der Waals surface area (Å²) in [6.45, 7) is 6.10. The molecule has 1 atom stereocenters. The number of para-hydroxylation sites is 1. The second-order valence-corrected chi connectivity index (χ2v) is 6.51. The molecule has 2 aromatic heterocycles. The van der Waals surface area contributed by atoms with E-state index in [1.807, 2.05) is 25.1 Å². The van der Waals surface area contributed by atoms with Gasteiger partial charge in [-0.15, -0.1) is 0 Å². The Morgan fingerprint density at radius 2 is 1.89 bits per heavy atom. The SMILES string of the molecule is CCc1cccc(C)c1Nc1cc(-c2ccncc2)nc(N[C@@H](C)CO)n1. The smallest absolute Gasteiger partial charge is 0.225 e. The number of rotatable bonds is 7. The summed E-state index contributed by atoms with van der Waals surface area (Å²) >= 11 is 0. The van der Waals surface area contributed by atoms with E-state index in [4.69, 9.17) is 0 Å². The van der Waals surface area contributed by atoms with E-state index in [1.165, 1.54) is 5.56 Å². The highest BCUT2D eigenvalue weighted by Crippen LogP contribution is 2.27. The summed E-state index contributed by atoms with van der Waals surface area (Å²) in [5.74, 6) is 1.17. The molecule has 3 rings (SSSR count). The van der Waals surface area contributed by atoms with Crippen LogP contribution in [0.2, 0.25) is 0 Å². The van der Waals surface area contributed by atoms with Gasteiger partial charge in [0.25, 0.3) is 0 Å². The zero-order valence-corrected chi connectivity index (χ0v) is 15.9. The number of hydrogen-bond donors (Lipinski definition) is 3. The molecule has 140 valence electrons. The Hall–Kier alpha value is -2.99. The number of benzene rings is 1. The van der Waals surface area contributed by atoms with Crippen molar-refractivity contribution in [3.05, 3.63) is 59.9 Å². The molecular weight excluding hydrogens is 338 g/mol. The molecule has 0 amide bonds. The predicted molar refractivity (Wildman–Crippen MR) is 109 cm³/mol. The third-order valence-electron chi connectivity index (χ3n) is 4.34. The number of nitrogens with one attached hydrogen (secondary N) is 2. The minimum absolute atomic E-state index is 0.00336. The van der Waals surface area contributed by atoms with Gasteiger partial charge >= 0.3 is 0 Å². The summed E-state index contributed by atoms with van der Waals surface area (Å²) in [5.41, 5.74) is 5.21. The van der Waals surface area contributed by atoms with Crippen molar-refractivity contribution in [1.29, 1.82) is 0 Å². The van der Waals surface area contributed by atoms with Gasteiger partial charge in [-0.3, -0.25) is 4.98 Å². The topological polar surface area (TPSA) is 83.0 Å². The molecule has 27 heavy (non-hydrogen) atoms. The fourth-order valence-electron chi connectivity index (χ4n) is 2.84. The van der Waals surface area contributed by atoms with Gasteiger partial charge in [0, 0.05) is 35.8 Å². The van der Waals surface area contributed by atoms with Gasteiger partial charge in [0.05, 0.1) is 12.3 Å². The second-order valence-electron chi connectivity index (χ2n) is 6.51. The Balaban J connectivity index is 2.03. The number of nitrogens with zero attached hydrogens (tertiary/aromatic N) is 3. The minimum Gasteiger partial charge on any atom is -0.394 e. The van der Waals surface area contributed by atoms with Crippen LogP contribution in [0.15, 0.2) is 48.8 Å². The second kappa shape index (κ2) is 8.60. The number of aromatic nitrogens is 3. The molecule has 2 heterocycles. The van der Waals surface area contributed by atoms with Crippen molar-refractivity contribution in [3.63, 3.8) is 0 Å². The van der Waals surface area contributed by atoms with Crippen LogP contribution in [0.1, 0.15) is 25.0 Å². The average Bonchev–Trinajstić information content (AvgIpc) is 2.70. The van der Waals surface area contributed by atoms with Gasteiger partial charge in [0.1, 0.15) is 5.82 Å². The number of aliphatic hydroxyl groups is 1. The Morgan fingerprint density at radius 1 is 1.11 bits per heavy atom. The normalized spacial score (nSPS) is 11.9. The van der Waals surface area contributed by atoms with E-state index >= 15 is 0 Å². The summed E-state index contributed by atoms with van der Waals surface area (Å²) < 4.78 is 0. The molecule has 3 aromatic rings. The maximum atomic E-state index is 9.35. The van der Waals surface area contributed by atoms with Gasteiger partial charge in [-0.2, -0.15) is 4.98 Å². The van der Waals surface area contributed by atoms with Crippen LogP contribution in [0.25, 0.3) is 11.3 Å². The maximum absolute atomic E-state index is 9.35. The third kappa shape index (κ3) is 4.60. The van der Waals surface area contributed by atoms with Crippen molar-refractivity contribution in [3.8, 4) is 11.3 Å². The van der Waals surface area contributed by atoms with Crippen molar-refractivity contribution in [2.75, 3.05) is 17.2 Å². The molecule has 0 unspecified atom stereocenters. The largest absolute Gasteiger partial charge is 0.394 e. The zero-order chi connectivity index (χ0) is 19.2. The van der Waals surface area contributed by atoms with Crippen molar-refractivity contribution in [2.45, 2.75) is 33.2 Å². The molecule has 0 spiro atoms. The molecule has 0 fully saturated rings. The highest BCUT2D eigenvalue weighted by Gasteiger charge is 2.11. The molecule has 0 aliphatic rings. The Morgan fingerprint density at radius 3 is 2.59 bits per heavy atom. The van der Waals surface area contributed by atoms with Crippen LogP contribution < -0.4 is 10.6 Å². The van der Waals surface area contributed by atoms with Gasteiger partial charge in [-0.05, 0) is 43.5 Å². The van der Waals surface area contributed by atoms with E-state index < -0.39 is 0 Å². The van der Waals surface area contributed by atoms with Crippen LogP contribution in [0.3, 0.4) is 0 Å². The summed E-state index contributed by atoms with van der Waals surface area (Å²) in [6.07, 6.45) is 4.41. The molecule has 6 heteroatoms. The number of pyridine rings is 1. The van der Waals surface area contributed by atoms with Gasteiger partial charge in [0.15, 0.2) is 0 Å². The van der Waals surface area contributed by atoms with Gasteiger partial charge < -0.3 is 15.7 Å². The number of anilines is 3. The summed E-state index contributed by atoms with van der Waals surface area (Å²) in [7, 11) is 0. The van der Waals surface area contributed by atoms with Crippen molar-refractivity contribution in [1.82, 2.24) is 15.0 Å². The number of aryl methyl sites for hydroxylation is 2. The highest BCUT2D eigenvalue weighted by atomic mass is 16.3. The van der Waals surface area contributed by atoms with Crippen LogP contribution in [-0.2, 0) is 6.42 Å². The molecule has 1 aromatic carbocycles. The molecule has 0 radical (unpaired) electrons. The van der Waals surface area contributed by atoms with Gasteiger partial charge in [-0.25, -0.2) is 4.98 Å². The first-order chi connectivity index (χ1) is 13.1. The maximum Gasteiger partial charge on any atom is 0.225 e. The lowest BCUT2D eigenvalue weighted by molar-refractivity contribution is 0.281. The first kappa shape index (κ1) is 18.8. The molecular formula is C21H25N5O. The molecule has 6 nitrogen and oxygen atoms in total. The molecule has 0 saturated heterocycles. The highest BCUT2D eigenvalue weighted by molar-refractivity contribution is 5.70. The monoisotopic (exact) mass is 363 g/mol. The molecule has 0 saturated carbocycles. The van der Waals surface area contributed by atoms with Crippen LogP contribution in [0.5, 0.6) is 0 Å². The summed E-state index contributed by atoms with van der Waals surface area (Å²) in [5, 5.41) is 16.0. The van der Waals surface area contributed by atoms with E-state index in [1.54, 1.807) is 12.4 Å². The van der Waals surface area contributed by atoms with E-state index in [0.29, 0.717) is 11.8 Å². The molecule has 0 aliphatic heterocycles. The predicted octanol–water partition coefficient (Wildman–Crippen LogP) is 3.95. The Labute approximate surface area is 159 Å². The van der Waals surface area contributed by atoms with Crippen molar-refractivity contribution in [2.24, 2.45) is 0 Å². The third-order valence-corrected chi connectivity index (χ3v) is 4.34. The Bertz CT molecular complexity index is 898. The summed E-state index contributed by atoms with van der Waals surface area (Å²) in [4.78, 5) is 13.3.